The lowest BCUT2D eigenvalue weighted by Crippen LogP contribution is -2.00. The van der Waals surface area contributed by atoms with Gasteiger partial charge < -0.3 is 18.3 Å². The molecular formula is C26H18N4O6. The third kappa shape index (κ3) is 5.02. The third-order valence-electron chi connectivity index (χ3n) is 4.93. The average Bonchev–Trinajstić information content (AvgIpc) is 3.55. The Labute approximate surface area is 204 Å². The molecular weight excluding hydrogens is 464 g/mol. The molecule has 0 bridgehead atoms. The summed E-state index contributed by atoms with van der Waals surface area (Å²) in [4.78, 5) is 22.2. The van der Waals surface area contributed by atoms with Crippen molar-refractivity contribution in [2.24, 2.45) is 0 Å². The number of nitrogens with zero attached hydrogens (tertiary/aromatic N) is 4. The van der Waals surface area contributed by atoms with Gasteiger partial charge in [-0.2, -0.15) is 0 Å². The van der Waals surface area contributed by atoms with Gasteiger partial charge in [0.25, 0.3) is 0 Å². The number of hydrogen-bond donors (Lipinski definition) is 0. The molecule has 0 aliphatic rings. The second-order valence-corrected chi connectivity index (χ2v) is 7.64. The molecule has 0 atom stereocenters. The maximum Gasteiger partial charge on any atom is 0.308 e. The summed E-state index contributed by atoms with van der Waals surface area (Å²) >= 11 is 0. The monoisotopic (exact) mass is 482 g/mol. The van der Waals surface area contributed by atoms with Crippen LogP contribution in [0.2, 0.25) is 0 Å². The quantitative estimate of drug-likeness (QED) is 0.241. The van der Waals surface area contributed by atoms with Crippen LogP contribution in [0, 0.1) is 0 Å². The van der Waals surface area contributed by atoms with Crippen LogP contribution >= 0.6 is 0 Å². The van der Waals surface area contributed by atoms with E-state index in [0.29, 0.717) is 57.3 Å². The van der Waals surface area contributed by atoms with Crippen LogP contribution in [0.15, 0.2) is 81.6 Å². The molecule has 10 nitrogen and oxygen atoms in total. The maximum atomic E-state index is 11.1. The standard InChI is InChI=1S/C26H18N4O6/c1-15(31)33-21-10-6-17(7-11-21)23-27-29-25(35-23)19-4-3-5-20(14-19)26-30-28-24(36-26)18-8-12-22(13-9-18)34-16(2)32/h3-14H,1-2H3. The van der Waals surface area contributed by atoms with E-state index < -0.39 is 11.9 Å². The van der Waals surface area contributed by atoms with Gasteiger partial charge in [-0.3, -0.25) is 9.59 Å². The molecule has 5 rings (SSSR count). The molecule has 0 saturated carbocycles. The Kier molecular flexibility index (Phi) is 6.06. The van der Waals surface area contributed by atoms with Gasteiger partial charge in [-0.1, -0.05) is 6.07 Å². The van der Waals surface area contributed by atoms with Crippen LogP contribution in [-0.2, 0) is 9.59 Å². The molecule has 0 unspecified atom stereocenters. The minimum Gasteiger partial charge on any atom is -0.427 e. The number of rotatable bonds is 6. The second-order valence-electron chi connectivity index (χ2n) is 7.64. The molecule has 0 amide bonds. The number of hydrogen-bond acceptors (Lipinski definition) is 10. The van der Waals surface area contributed by atoms with Crippen molar-refractivity contribution >= 4 is 11.9 Å². The smallest absolute Gasteiger partial charge is 0.308 e. The maximum absolute atomic E-state index is 11.1. The first kappa shape index (κ1) is 22.7. The molecule has 36 heavy (non-hydrogen) atoms. The summed E-state index contributed by atoms with van der Waals surface area (Å²) in [5.74, 6) is 1.34. The van der Waals surface area contributed by atoms with E-state index in [9.17, 15) is 9.59 Å². The summed E-state index contributed by atoms with van der Waals surface area (Å²) in [6.45, 7) is 2.68. The highest BCUT2D eigenvalue weighted by atomic mass is 16.5. The normalized spacial score (nSPS) is 10.7. The lowest BCUT2D eigenvalue weighted by molar-refractivity contribution is -0.132. The molecule has 0 spiro atoms. The van der Waals surface area contributed by atoms with Crippen molar-refractivity contribution in [1.82, 2.24) is 20.4 Å². The van der Waals surface area contributed by atoms with E-state index >= 15 is 0 Å². The first-order valence-electron chi connectivity index (χ1n) is 10.8. The largest absolute Gasteiger partial charge is 0.427 e. The van der Waals surface area contributed by atoms with E-state index in [0.717, 1.165) is 0 Å². The third-order valence-corrected chi connectivity index (χ3v) is 4.93. The van der Waals surface area contributed by atoms with Crippen molar-refractivity contribution in [3.8, 4) is 57.3 Å². The molecule has 0 N–H and O–H groups in total. The molecule has 3 aromatic carbocycles. The Balaban J connectivity index is 1.35. The number of carbonyl (C=O) groups excluding carboxylic acids is 2. The molecule has 10 heteroatoms. The van der Waals surface area contributed by atoms with E-state index in [4.69, 9.17) is 18.3 Å². The van der Waals surface area contributed by atoms with Crippen LogP contribution in [0.25, 0.3) is 45.8 Å². The molecule has 2 heterocycles. The number of benzene rings is 3. The van der Waals surface area contributed by atoms with Crippen LogP contribution in [-0.4, -0.2) is 32.3 Å². The van der Waals surface area contributed by atoms with Gasteiger partial charge >= 0.3 is 11.9 Å². The van der Waals surface area contributed by atoms with Gasteiger partial charge in [0, 0.05) is 36.1 Å². The average molecular weight is 482 g/mol. The Morgan fingerprint density at radius 3 is 1.28 bits per heavy atom. The van der Waals surface area contributed by atoms with Gasteiger partial charge in [0.2, 0.25) is 23.6 Å². The SMILES string of the molecule is CC(=O)Oc1ccc(-c2nnc(-c3cccc(-c4nnc(-c5ccc(OC(C)=O)cc5)o4)c3)o2)cc1. The van der Waals surface area contributed by atoms with Crippen LogP contribution in [0.1, 0.15) is 13.8 Å². The summed E-state index contributed by atoms with van der Waals surface area (Å²) in [6.07, 6.45) is 0. The van der Waals surface area contributed by atoms with Gasteiger partial charge in [0.15, 0.2) is 0 Å². The highest BCUT2D eigenvalue weighted by molar-refractivity contribution is 5.71. The van der Waals surface area contributed by atoms with Crippen molar-refractivity contribution in [3.63, 3.8) is 0 Å². The molecule has 5 aromatic rings. The Morgan fingerprint density at radius 2 is 0.917 bits per heavy atom. The van der Waals surface area contributed by atoms with Crippen molar-refractivity contribution in [3.05, 3.63) is 72.8 Å². The van der Waals surface area contributed by atoms with Crippen LogP contribution in [0.5, 0.6) is 11.5 Å². The number of carbonyl (C=O) groups is 2. The van der Waals surface area contributed by atoms with Crippen molar-refractivity contribution in [2.45, 2.75) is 13.8 Å². The zero-order valence-electron chi connectivity index (χ0n) is 19.2. The van der Waals surface area contributed by atoms with Crippen LogP contribution < -0.4 is 9.47 Å². The number of esters is 2. The molecule has 0 radical (unpaired) electrons. The van der Waals surface area contributed by atoms with E-state index in [1.54, 1.807) is 48.5 Å². The first-order valence-corrected chi connectivity index (χ1v) is 10.8. The van der Waals surface area contributed by atoms with E-state index in [2.05, 4.69) is 20.4 Å². The fraction of sp³-hybridized carbons (Fsp3) is 0.0769. The second kappa shape index (κ2) is 9.63. The van der Waals surface area contributed by atoms with Crippen molar-refractivity contribution < 1.29 is 27.9 Å². The van der Waals surface area contributed by atoms with Crippen molar-refractivity contribution in [2.75, 3.05) is 0 Å². The molecule has 0 fully saturated rings. The predicted octanol–water partition coefficient (Wildman–Crippen LogP) is 4.97. The molecule has 0 saturated heterocycles. The zero-order valence-corrected chi connectivity index (χ0v) is 19.2. The van der Waals surface area contributed by atoms with Gasteiger partial charge in [-0.05, 0) is 66.7 Å². The lowest BCUT2D eigenvalue weighted by Gasteiger charge is -2.01. The predicted molar refractivity (Wildman–Crippen MR) is 127 cm³/mol. The van der Waals surface area contributed by atoms with Gasteiger partial charge in [0.1, 0.15) is 11.5 Å². The fourth-order valence-corrected chi connectivity index (χ4v) is 3.36. The van der Waals surface area contributed by atoms with E-state index in [1.165, 1.54) is 13.8 Å². The first-order chi connectivity index (χ1) is 17.4. The number of aromatic nitrogens is 4. The van der Waals surface area contributed by atoms with E-state index in [-0.39, 0.29) is 0 Å². The highest BCUT2D eigenvalue weighted by Gasteiger charge is 2.15. The topological polar surface area (TPSA) is 130 Å². The van der Waals surface area contributed by atoms with Gasteiger partial charge in [-0.15, -0.1) is 20.4 Å². The zero-order chi connectivity index (χ0) is 25.1. The molecule has 0 aliphatic carbocycles. The highest BCUT2D eigenvalue weighted by Crippen LogP contribution is 2.30. The Bertz CT molecular complexity index is 1420. The lowest BCUT2D eigenvalue weighted by atomic mass is 10.1. The van der Waals surface area contributed by atoms with Crippen LogP contribution in [0.4, 0.5) is 0 Å². The van der Waals surface area contributed by atoms with Gasteiger partial charge in [0.05, 0.1) is 0 Å². The summed E-state index contributed by atoms with van der Waals surface area (Å²) in [5.41, 5.74) is 2.71. The van der Waals surface area contributed by atoms with Crippen LogP contribution in [0.3, 0.4) is 0 Å². The molecule has 178 valence electrons. The summed E-state index contributed by atoms with van der Waals surface area (Å²) in [7, 11) is 0. The Hall–Kier alpha value is -5.12. The van der Waals surface area contributed by atoms with Crippen molar-refractivity contribution in [1.29, 1.82) is 0 Å². The summed E-state index contributed by atoms with van der Waals surface area (Å²) < 4.78 is 21.8. The van der Waals surface area contributed by atoms with E-state index in [1.807, 2.05) is 24.3 Å². The van der Waals surface area contributed by atoms with Gasteiger partial charge in [-0.25, -0.2) is 0 Å². The number of ether oxygens (including phenoxy) is 2. The summed E-state index contributed by atoms with van der Waals surface area (Å²) in [6, 6.07) is 20.8. The summed E-state index contributed by atoms with van der Waals surface area (Å²) in [5, 5.41) is 16.5. The Morgan fingerprint density at radius 1 is 0.556 bits per heavy atom. The minimum absolute atomic E-state index is 0.316. The molecule has 2 aromatic heterocycles. The molecule has 0 aliphatic heterocycles. The fourth-order valence-electron chi connectivity index (χ4n) is 3.36. The minimum atomic E-state index is -0.395.